The van der Waals surface area contributed by atoms with Crippen molar-refractivity contribution in [1.82, 2.24) is 20.0 Å². The molecule has 4 nitrogen and oxygen atoms in total. The quantitative estimate of drug-likeness (QED) is 0.847. The van der Waals surface area contributed by atoms with Crippen LogP contribution >= 0.6 is 0 Å². The minimum atomic E-state index is 0.117. The molecule has 0 bridgehead atoms. The zero-order valence-electron chi connectivity index (χ0n) is 14.4. The van der Waals surface area contributed by atoms with Gasteiger partial charge in [-0.25, -0.2) is 0 Å². The molecule has 0 radical (unpaired) electrons. The highest BCUT2D eigenvalue weighted by atomic mass is 15.3. The Bertz CT molecular complexity index is 436. The fraction of sp³-hybridized carbons (Fsp3) is 0.824. The molecule has 1 saturated heterocycles. The van der Waals surface area contributed by atoms with Crippen molar-refractivity contribution < 1.29 is 0 Å². The molecular weight excluding hydrogens is 260 g/mol. The smallest absolute Gasteiger partial charge is 0.0722 e. The molecule has 0 aromatic carbocycles. The second-order valence-electron chi connectivity index (χ2n) is 7.64. The van der Waals surface area contributed by atoms with Crippen molar-refractivity contribution in [3.8, 4) is 0 Å². The molecule has 0 amide bonds. The predicted octanol–water partition coefficient (Wildman–Crippen LogP) is 2.54. The molecule has 2 heterocycles. The van der Waals surface area contributed by atoms with Crippen molar-refractivity contribution in [3.63, 3.8) is 0 Å². The van der Waals surface area contributed by atoms with E-state index in [1.807, 2.05) is 11.7 Å². The molecule has 0 saturated carbocycles. The van der Waals surface area contributed by atoms with Crippen molar-refractivity contribution >= 4 is 0 Å². The molecule has 1 aliphatic heterocycles. The predicted molar refractivity (Wildman–Crippen MR) is 88.5 cm³/mol. The Morgan fingerprint density at radius 3 is 2.52 bits per heavy atom. The zero-order valence-corrected chi connectivity index (χ0v) is 14.4. The Hall–Kier alpha value is -0.870. The summed E-state index contributed by atoms with van der Waals surface area (Å²) >= 11 is 0. The first-order chi connectivity index (χ1) is 9.86. The van der Waals surface area contributed by atoms with E-state index >= 15 is 0 Å². The van der Waals surface area contributed by atoms with E-state index in [-0.39, 0.29) is 5.41 Å². The van der Waals surface area contributed by atoms with Gasteiger partial charge in [0.2, 0.25) is 0 Å². The molecule has 2 rings (SSSR count). The van der Waals surface area contributed by atoms with Gasteiger partial charge < -0.3 is 10.2 Å². The van der Waals surface area contributed by atoms with Crippen LogP contribution in [0, 0.1) is 5.92 Å². The molecular formula is C17H32N4. The van der Waals surface area contributed by atoms with Gasteiger partial charge in [0.25, 0.3) is 0 Å². The molecule has 120 valence electrons. The highest BCUT2D eigenvalue weighted by molar-refractivity contribution is 5.23. The average molecular weight is 292 g/mol. The summed E-state index contributed by atoms with van der Waals surface area (Å²) in [6.07, 6.45) is 6.18. The number of rotatable bonds is 5. The molecule has 0 aliphatic carbocycles. The number of hydrogen-bond acceptors (Lipinski definition) is 3. The van der Waals surface area contributed by atoms with Crippen molar-refractivity contribution in [2.75, 3.05) is 26.7 Å². The van der Waals surface area contributed by atoms with Crippen molar-refractivity contribution in [2.24, 2.45) is 13.0 Å². The number of nitrogens with zero attached hydrogens (tertiary/aromatic N) is 3. The first kappa shape index (κ1) is 16.5. The van der Waals surface area contributed by atoms with E-state index in [1.165, 1.54) is 43.6 Å². The molecule has 1 aromatic heterocycles. The zero-order chi connectivity index (χ0) is 15.5. The second-order valence-corrected chi connectivity index (χ2v) is 7.64. The van der Waals surface area contributed by atoms with Crippen molar-refractivity contribution in [3.05, 3.63) is 17.5 Å². The summed E-state index contributed by atoms with van der Waals surface area (Å²) in [6, 6.07) is 0. The number of likely N-dealkylation sites (tertiary alicyclic amines) is 1. The highest BCUT2D eigenvalue weighted by Gasteiger charge is 2.21. The lowest BCUT2D eigenvalue weighted by atomic mass is 9.89. The maximum absolute atomic E-state index is 4.63. The Balaban J connectivity index is 1.76. The number of hydrogen-bond donors (Lipinski definition) is 1. The van der Waals surface area contributed by atoms with Gasteiger partial charge in [0, 0.05) is 30.8 Å². The lowest BCUT2D eigenvalue weighted by Gasteiger charge is -2.28. The van der Waals surface area contributed by atoms with Crippen LogP contribution in [0.5, 0.6) is 0 Å². The molecule has 0 unspecified atom stereocenters. The Labute approximate surface area is 129 Å². The van der Waals surface area contributed by atoms with E-state index in [0.29, 0.717) is 0 Å². The Morgan fingerprint density at radius 1 is 1.24 bits per heavy atom. The maximum atomic E-state index is 4.63. The van der Waals surface area contributed by atoms with Crippen molar-refractivity contribution in [2.45, 2.75) is 52.0 Å². The number of aromatic nitrogens is 2. The van der Waals surface area contributed by atoms with Gasteiger partial charge in [-0.05, 0) is 51.9 Å². The summed E-state index contributed by atoms with van der Waals surface area (Å²) < 4.78 is 1.94. The first-order valence-electron chi connectivity index (χ1n) is 8.28. The Kier molecular flexibility index (Phi) is 5.44. The molecule has 21 heavy (non-hydrogen) atoms. The van der Waals surface area contributed by atoms with Crippen LogP contribution < -0.4 is 5.32 Å². The van der Waals surface area contributed by atoms with E-state index < -0.39 is 0 Å². The Morgan fingerprint density at radius 2 is 1.90 bits per heavy atom. The highest BCUT2D eigenvalue weighted by Crippen LogP contribution is 2.24. The first-order valence-corrected chi connectivity index (χ1v) is 8.28. The molecule has 0 spiro atoms. The van der Waals surface area contributed by atoms with Gasteiger partial charge in [-0.3, -0.25) is 4.68 Å². The van der Waals surface area contributed by atoms with E-state index in [9.17, 15) is 0 Å². The third-order valence-electron chi connectivity index (χ3n) is 4.50. The van der Waals surface area contributed by atoms with Gasteiger partial charge in [-0.2, -0.15) is 5.10 Å². The maximum Gasteiger partial charge on any atom is 0.0722 e. The van der Waals surface area contributed by atoms with Gasteiger partial charge >= 0.3 is 0 Å². The van der Waals surface area contributed by atoms with Crippen LogP contribution in [0.3, 0.4) is 0 Å². The van der Waals surface area contributed by atoms with Crippen LogP contribution in [-0.2, 0) is 19.0 Å². The van der Waals surface area contributed by atoms with Crippen LogP contribution in [0.1, 0.15) is 51.3 Å². The van der Waals surface area contributed by atoms with Crippen molar-refractivity contribution in [1.29, 1.82) is 0 Å². The van der Waals surface area contributed by atoms with Crippen LogP contribution in [0.4, 0.5) is 0 Å². The van der Waals surface area contributed by atoms with Gasteiger partial charge in [0.1, 0.15) is 0 Å². The largest absolute Gasteiger partial charge is 0.313 e. The lowest BCUT2D eigenvalue weighted by molar-refractivity contribution is 0.211. The summed E-state index contributed by atoms with van der Waals surface area (Å²) in [5.74, 6) is 0.907. The number of aryl methyl sites for hydroxylation is 1. The summed E-state index contributed by atoms with van der Waals surface area (Å²) in [7, 11) is 4.24. The van der Waals surface area contributed by atoms with E-state index in [4.69, 9.17) is 0 Å². The fourth-order valence-electron chi connectivity index (χ4n) is 3.18. The topological polar surface area (TPSA) is 33.1 Å². The van der Waals surface area contributed by atoms with Crippen LogP contribution in [-0.4, -0.2) is 41.4 Å². The van der Waals surface area contributed by atoms with Gasteiger partial charge in [0.15, 0.2) is 0 Å². The standard InChI is InChI=1S/C17H32N4/c1-17(2,3)16-15(13-21(5)19-16)12-18-9-6-14-7-10-20(4)11-8-14/h13-14,18H,6-12H2,1-5H3. The third kappa shape index (κ3) is 4.82. The average Bonchev–Trinajstić information content (AvgIpc) is 2.78. The second kappa shape index (κ2) is 6.93. The molecule has 1 N–H and O–H groups in total. The van der Waals surface area contributed by atoms with Crippen LogP contribution in [0.15, 0.2) is 6.20 Å². The minimum Gasteiger partial charge on any atom is -0.313 e. The van der Waals surface area contributed by atoms with Crippen LogP contribution in [0.2, 0.25) is 0 Å². The summed E-state index contributed by atoms with van der Waals surface area (Å²) in [6.45, 7) is 11.3. The fourth-order valence-corrected chi connectivity index (χ4v) is 3.18. The minimum absolute atomic E-state index is 0.117. The van der Waals surface area contributed by atoms with E-state index in [1.54, 1.807) is 0 Å². The summed E-state index contributed by atoms with van der Waals surface area (Å²) in [5, 5.41) is 8.25. The number of piperidine rings is 1. The van der Waals surface area contributed by atoms with Crippen LogP contribution in [0.25, 0.3) is 0 Å². The molecule has 1 aliphatic rings. The van der Waals surface area contributed by atoms with E-state index in [2.05, 4.69) is 49.3 Å². The molecule has 4 heteroatoms. The number of nitrogens with one attached hydrogen (secondary N) is 1. The van der Waals surface area contributed by atoms with Gasteiger partial charge in [-0.15, -0.1) is 0 Å². The summed E-state index contributed by atoms with van der Waals surface area (Å²) in [4.78, 5) is 2.44. The summed E-state index contributed by atoms with van der Waals surface area (Å²) in [5.41, 5.74) is 2.68. The molecule has 0 atom stereocenters. The van der Waals surface area contributed by atoms with E-state index in [0.717, 1.165) is 19.0 Å². The van der Waals surface area contributed by atoms with Gasteiger partial charge in [0.05, 0.1) is 5.69 Å². The lowest BCUT2D eigenvalue weighted by Crippen LogP contribution is -2.31. The van der Waals surface area contributed by atoms with Gasteiger partial charge in [-0.1, -0.05) is 20.8 Å². The monoisotopic (exact) mass is 292 g/mol. The molecule has 1 fully saturated rings. The molecule has 1 aromatic rings. The SMILES string of the molecule is CN1CCC(CCNCc2cn(C)nc2C(C)(C)C)CC1. The third-order valence-corrected chi connectivity index (χ3v) is 4.50. The normalized spacial score (nSPS) is 18.3.